The van der Waals surface area contributed by atoms with Gasteiger partial charge in [-0.05, 0) is 22.4 Å². The fourth-order valence-corrected chi connectivity index (χ4v) is 2.51. The molecule has 1 unspecified atom stereocenters. The van der Waals surface area contributed by atoms with Gasteiger partial charge in [0.05, 0.1) is 4.92 Å². The number of urea groups is 1. The SMILES string of the molecule is CC(Cc1ccccc1)[n+]1cc(NC(=O)Nc2ccc([N+](=O)[O-])cc2)on1. The largest absolute Gasteiger partial charge is 0.326 e. The second kappa shape index (κ2) is 8.09. The number of aromatic nitrogens is 2. The monoisotopic (exact) mass is 368 g/mol. The lowest BCUT2D eigenvalue weighted by atomic mass is 10.1. The van der Waals surface area contributed by atoms with Crippen molar-refractivity contribution in [2.24, 2.45) is 0 Å². The Labute approximate surface area is 154 Å². The highest BCUT2D eigenvalue weighted by atomic mass is 16.6. The number of non-ortho nitro benzene ring substituents is 1. The van der Waals surface area contributed by atoms with Gasteiger partial charge in [-0.15, -0.1) is 0 Å². The van der Waals surface area contributed by atoms with E-state index in [-0.39, 0.29) is 17.6 Å². The maximum absolute atomic E-state index is 12.0. The molecule has 2 N–H and O–H groups in total. The normalized spacial score (nSPS) is 11.6. The van der Waals surface area contributed by atoms with Gasteiger partial charge in [-0.2, -0.15) is 0 Å². The number of carbonyl (C=O) groups is 1. The second-order valence-electron chi connectivity index (χ2n) is 5.97. The summed E-state index contributed by atoms with van der Waals surface area (Å²) in [7, 11) is 0. The van der Waals surface area contributed by atoms with Gasteiger partial charge < -0.3 is 5.32 Å². The molecule has 0 saturated heterocycles. The number of nitro groups is 1. The maximum Gasteiger partial charge on any atom is 0.326 e. The van der Waals surface area contributed by atoms with Crippen molar-refractivity contribution in [3.8, 4) is 0 Å². The first-order valence-electron chi connectivity index (χ1n) is 8.26. The van der Waals surface area contributed by atoms with E-state index in [9.17, 15) is 14.9 Å². The third-order valence-electron chi connectivity index (χ3n) is 3.88. The highest BCUT2D eigenvalue weighted by Crippen LogP contribution is 2.16. The van der Waals surface area contributed by atoms with Crippen molar-refractivity contribution in [3.63, 3.8) is 0 Å². The van der Waals surface area contributed by atoms with Crippen LogP contribution in [0, 0.1) is 10.1 Å². The summed E-state index contributed by atoms with van der Waals surface area (Å²) in [6.45, 7) is 2.00. The summed E-state index contributed by atoms with van der Waals surface area (Å²) < 4.78 is 6.77. The minimum atomic E-state index is -0.539. The van der Waals surface area contributed by atoms with E-state index in [2.05, 4.69) is 15.9 Å². The zero-order valence-electron chi connectivity index (χ0n) is 14.5. The van der Waals surface area contributed by atoms with Crippen LogP contribution >= 0.6 is 0 Å². The predicted molar refractivity (Wildman–Crippen MR) is 97.3 cm³/mol. The second-order valence-corrected chi connectivity index (χ2v) is 5.97. The molecule has 1 atom stereocenters. The van der Waals surface area contributed by atoms with Gasteiger partial charge in [0, 0.05) is 31.2 Å². The number of nitrogens with zero attached hydrogens (tertiary/aromatic N) is 3. The number of nitrogens with one attached hydrogen (secondary N) is 2. The Morgan fingerprint density at radius 1 is 1.19 bits per heavy atom. The Bertz CT molecular complexity index is 924. The van der Waals surface area contributed by atoms with Crippen molar-refractivity contribution >= 4 is 23.3 Å². The number of amides is 2. The Morgan fingerprint density at radius 2 is 1.89 bits per heavy atom. The molecule has 3 aromatic rings. The molecule has 0 fully saturated rings. The van der Waals surface area contributed by atoms with Crippen LogP contribution in [-0.2, 0) is 6.42 Å². The molecule has 3 rings (SSSR count). The maximum atomic E-state index is 12.0. The Balaban J connectivity index is 1.56. The van der Waals surface area contributed by atoms with E-state index < -0.39 is 11.0 Å². The van der Waals surface area contributed by atoms with Crippen LogP contribution in [0.1, 0.15) is 18.5 Å². The minimum absolute atomic E-state index is 0.0458. The quantitative estimate of drug-likeness (QED) is 0.393. The molecule has 0 saturated carbocycles. The van der Waals surface area contributed by atoms with Gasteiger partial charge in [0.15, 0.2) is 6.04 Å². The van der Waals surface area contributed by atoms with Gasteiger partial charge in [-0.1, -0.05) is 30.3 Å². The summed E-state index contributed by atoms with van der Waals surface area (Å²) in [5.41, 5.74) is 1.54. The fourth-order valence-electron chi connectivity index (χ4n) is 2.51. The lowest BCUT2D eigenvalue weighted by Gasteiger charge is -2.03. The van der Waals surface area contributed by atoms with Gasteiger partial charge >= 0.3 is 11.9 Å². The van der Waals surface area contributed by atoms with Crippen molar-refractivity contribution in [1.29, 1.82) is 0 Å². The molecule has 9 heteroatoms. The molecule has 138 valence electrons. The lowest BCUT2D eigenvalue weighted by Crippen LogP contribution is -2.40. The molecule has 9 nitrogen and oxygen atoms in total. The average Bonchev–Trinajstić information content (AvgIpc) is 3.11. The molecule has 0 bridgehead atoms. The van der Waals surface area contributed by atoms with Crippen molar-refractivity contribution in [2.75, 3.05) is 10.6 Å². The van der Waals surface area contributed by atoms with Crippen molar-refractivity contribution in [2.45, 2.75) is 19.4 Å². The van der Waals surface area contributed by atoms with Gasteiger partial charge in [0.2, 0.25) is 5.27 Å². The minimum Gasteiger partial charge on any atom is -0.308 e. The summed E-state index contributed by atoms with van der Waals surface area (Å²) in [6.07, 6.45) is 2.37. The first-order chi connectivity index (χ1) is 13.0. The van der Waals surface area contributed by atoms with E-state index in [0.29, 0.717) is 5.69 Å². The highest BCUT2D eigenvalue weighted by molar-refractivity contribution is 5.98. The third kappa shape index (κ3) is 4.88. The van der Waals surface area contributed by atoms with Crippen LogP contribution in [0.5, 0.6) is 0 Å². The smallest absolute Gasteiger partial charge is 0.308 e. The zero-order valence-corrected chi connectivity index (χ0v) is 14.5. The number of nitro benzene ring substituents is 1. The number of anilines is 2. The summed E-state index contributed by atoms with van der Waals surface area (Å²) in [4.78, 5) is 22.1. The third-order valence-corrected chi connectivity index (χ3v) is 3.88. The van der Waals surface area contributed by atoms with Crippen LogP contribution in [0.2, 0.25) is 0 Å². The van der Waals surface area contributed by atoms with Gasteiger partial charge in [-0.25, -0.2) is 4.79 Å². The molecule has 0 spiro atoms. The molecule has 0 aliphatic rings. The van der Waals surface area contributed by atoms with Gasteiger partial charge in [0.25, 0.3) is 11.9 Å². The Hall–Kier alpha value is -3.75. The first-order valence-corrected chi connectivity index (χ1v) is 8.26. The summed E-state index contributed by atoms with van der Waals surface area (Å²) in [5, 5.41) is 19.7. The van der Waals surface area contributed by atoms with E-state index >= 15 is 0 Å². The molecule has 0 aliphatic heterocycles. The number of hydrogen-bond acceptors (Lipinski definition) is 5. The van der Waals surface area contributed by atoms with Crippen LogP contribution in [-0.4, -0.2) is 16.2 Å². The number of hydrogen-bond donors (Lipinski definition) is 2. The van der Waals surface area contributed by atoms with E-state index in [1.54, 1.807) is 10.9 Å². The standard InChI is InChI=1S/C18H17N5O4/c1-13(11-14-5-3-2-4-6-14)22-12-17(27-21-22)20-18(24)19-15-7-9-16(10-8-15)23(25)26/h2-10,12-13H,11H2,1H3,(H-,19,20,21,24)/p+1. The molecule has 1 aromatic heterocycles. The molecule has 2 aromatic carbocycles. The Kier molecular flexibility index (Phi) is 5.41. The Morgan fingerprint density at radius 3 is 2.56 bits per heavy atom. The van der Waals surface area contributed by atoms with Crippen LogP contribution < -0.4 is 15.3 Å². The molecular weight excluding hydrogens is 350 g/mol. The summed E-state index contributed by atoms with van der Waals surface area (Å²) in [6, 6.07) is 15.0. The average molecular weight is 368 g/mol. The first kappa shape index (κ1) is 18.1. The van der Waals surface area contributed by atoms with E-state index in [0.717, 1.165) is 6.42 Å². The number of benzene rings is 2. The fraction of sp³-hybridized carbons (Fsp3) is 0.167. The van der Waals surface area contributed by atoms with Crippen LogP contribution in [0.4, 0.5) is 22.1 Å². The van der Waals surface area contributed by atoms with Crippen LogP contribution in [0.25, 0.3) is 0 Å². The van der Waals surface area contributed by atoms with Gasteiger partial charge in [0.1, 0.15) is 0 Å². The number of rotatable bonds is 6. The molecule has 0 aliphatic carbocycles. The van der Waals surface area contributed by atoms with E-state index in [1.165, 1.54) is 29.8 Å². The van der Waals surface area contributed by atoms with Crippen molar-refractivity contribution < 1.29 is 18.9 Å². The predicted octanol–water partition coefficient (Wildman–Crippen LogP) is 3.32. The van der Waals surface area contributed by atoms with Crippen molar-refractivity contribution in [1.82, 2.24) is 5.27 Å². The molecule has 27 heavy (non-hydrogen) atoms. The molecule has 1 heterocycles. The molecule has 0 radical (unpaired) electrons. The van der Waals surface area contributed by atoms with E-state index in [1.807, 2.05) is 37.3 Å². The highest BCUT2D eigenvalue weighted by Gasteiger charge is 2.21. The van der Waals surface area contributed by atoms with Crippen LogP contribution in [0.3, 0.4) is 0 Å². The zero-order chi connectivity index (χ0) is 19.2. The number of carbonyl (C=O) groups excluding carboxylic acids is 1. The summed E-state index contributed by atoms with van der Waals surface area (Å²) in [5.74, 6) is 0.189. The topological polar surface area (TPSA) is 114 Å². The van der Waals surface area contributed by atoms with Crippen LogP contribution in [0.15, 0.2) is 65.3 Å². The summed E-state index contributed by atoms with van der Waals surface area (Å²) >= 11 is 0. The van der Waals surface area contributed by atoms with Crippen molar-refractivity contribution in [3.05, 3.63) is 76.5 Å². The molecular formula is C18H18N5O4+. The van der Waals surface area contributed by atoms with E-state index in [4.69, 9.17) is 4.52 Å². The lowest BCUT2D eigenvalue weighted by molar-refractivity contribution is -0.782. The van der Waals surface area contributed by atoms with Gasteiger partial charge in [-0.3, -0.25) is 20.0 Å². The molecule has 2 amide bonds.